The Kier molecular flexibility index (Phi) is 4.06. The summed E-state index contributed by atoms with van der Waals surface area (Å²) in [7, 11) is 2.81. The van der Waals surface area contributed by atoms with Crippen molar-refractivity contribution in [3.63, 3.8) is 0 Å². The largest absolute Gasteiger partial charge is 0.493 e. The average molecular weight is 232 g/mol. The third-order valence-electron chi connectivity index (χ3n) is 2.23. The summed E-state index contributed by atoms with van der Waals surface area (Å²) >= 11 is 0. The number of aliphatic hydroxyl groups excluding tert-OH is 1. The van der Waals surface area contributed by atoms with E-state index in [1.54, 1.807) is 0 Å². The molecule has 0 aliphatic carbocycles. The molecular weight excluding hydrogens is 218 g/mol. The summed E-state index contributed by atoms with van der Waals surface area (Å²) in [6, 6.07) is 3.89. The number of alkyl halides is 2. The zero-order valence-corrected chi connectivity index (χ0v) is 9.17. The Morgan fingerprint density at radius 2 is 1.81 bits per heavy atom. The third kappa shape index (κ3) is 2.61. The molecule has 0 heterocycles. The van der Waals surface area contributed by atoms with E-state index in [1.165, 1.54) is 32.4 Å². The van der Waals surface area contributed by atoms with Crippen molar-refractivity contribution in [1.29, 1.82) is 0 Å². The van der Waals surface area contributed by atoms with E-state index in [0.717, 1.165) is 0 Å². The van der Waals surface area contributed by atoms with Crippen molar-refractivity contribution in [1.82, 2.24) is 0 Å². The van der Waals surface area contributed by atoms with Gasteiger partial charge in [0.1, 0.15) is 0 Å². The molecule has 0 aliphatic rings. The maximum Gasteiger partial charge on any atom is 0.275 e. The van der Waals surface area contributed by atoms with Crippen LogP contribution in [0.2, 0.25) is 0 Å². The molecule has 3 nitrogen and oxygen atoms in total. The minimum Gasteiger partial charge on any atom is -0.493 e. The predicted molar refractivity (Wildman–Crippen MR) is 55.1 cm³/mol. The predicted octanol–water partition coefficient (Wildman–Crippen LogP) is 2.18. The van der Waals surface area contributed by atoms with Crippen LogP contribution in [0.25, 0.3) is 0 Å². The van der Waals surface area contributed by atoms with E-state index in [2.05, 4.69) is 0 Å². The van der Waals surface area contributed by atoms with Crippen molar-refractivity contribution in [2.45, 2.75) is 12.3 Å². The molecule has 1 N–H and O–H groups in total. The standard InChI is InChI=1S/C11H14F2O3/c1-15-9-4-3-8(7-10(9)16-2)11(12,13)5-6-14/h3-4,7,14H,5-6H2,1-2H3. The summed E-state index contributed by atoms with van der Waals surface area (Å²) in [6.07, 6.45) is -0.609. The van der Waals surface area contributed by atoms with Crippen molar-refractivity contribution >= 4 is 0 Å². The summed E-state index contributed by atoms with van der Waals surface area (Å²) in [4.78, 5) is 0. The first-order valence-corrected chi connectivity index (χ1v) is 4.76. The molecule has 90 valence electrons. The number of methoxy groups -OCH3 is 2. The van der Waals surface area contributed by atoms with Crippen LogP contribution in [0.3, 0.4) is 0 Å². The number of ether oxygens (including phenoxy) is 2. The number of halogens is 2. The molecule has 0 aromatic heterocycles. The van der Waals surface area contributed by atoms with Gasteiger partial charge < -0.3 is 14.6 Å². The Morgan fingerprint density at radius 1 is 1.19 bits per heavy atom. The van der Waals surface area contributed by atoms with Gasteiger partial charge in [0.2, 0.25) is 0 Å². The van der Waals surface area contributed by atoms with Gasteiger partial charge in [0, 0.05) is 18.6 Å². The number of rotatable bonds is 5. The first kappa shape index (κ1) is 12.7. The molecule has 0 spiro atoms. The third-order valence-corrected chi connectivity index (χ3v) is 2.23. The van der Waals surface area contributed by atoms with E-state index in [1.807, 2.05) is 0 Å². The van der Waals surface area contributed by atoms with Gasteiger partial charge in [-0.05, 0) is 18.2 Å². The van der Waals surface area contributed by atoms with Crippen LogP contribution in [-0.2, 0) is 5.92 Å². The summed E-state index contributed by atoms with van der Waals surface area (Å²) < 4.78 is 36.8. The van der Waals surface area contributed by atoms with Crippen molar-refractivity contribution in [3.05, 3.63) is 23.8 Å². The van der Waals surface area contributed by atoms with Crippen LogP contribution in [-0.4, -0.2) is 25.9 Å². The lowest BCUT2D eigenvalue weighted by atomic mass is 10.1. The molecule has 16 heavy (non-hydrogen) atoms. The van der Waals surface area contributed by atoms with Gasteiger partial charge in [-0.1, -0.05) is 0 Å². The molecule has 1 aromatic carbocycles. The van der Waals surface area contributed by atoms with Crippen molar-refractivity contribution in [2.24, 2.45) is 0 Å². The zero-order valence-electron chi connectivity index (χ0n) is 9.17. The molecular formula is C11H14F2O3. The average Bonchev–Trinajstić information content (AvgIpc) is 2.28. The summed E-state index contributed by atoms with van der Waals surface area (Å²) in [6.45, 7) is -0.568. The highest BCUT2D eigenvalue weighted by Crippen LogP contribution is 2.36. The number of aliphatic hydroxyl groups is 1. The van der Waals surface area contributed by atoms with Crippen molar-refractivity contribution in [3.8, 4) is 11.5 Å². The van der Waals surface area contributed by atoms with Gasteiger partial charge in [0.25, 0.3) is 5.92 Å². The molecule has 0 fully saturated rings. The summed E-state index contributed by atoms with van der Waals surface area (Å²) in [5.41, 5.74) is -0.195. The lowest BCUT2D eigenvalue weighted by molar-refractivity contribution is -0.0271. The highest BCUT2D eigenvalue weighted by atomic mass is 19.3. The van der Waals surface area contributed by atoms with E-state index < -0.39 is 19.0 Å². The second-order valence-electron chi connectivity index (χ2n) is 3.25. The fourth-order valence-electron chi connectivity index (χ4n) is 1.35. The second kappa shape index (κ2) is 5.12. The number of hydrogen-bond acceptors (Lipinski definition) is 3. The Morgan fingerprint density at radius 3 is 2.31 bits per heavy atom. The van der Waals surface area contributed by atoms with Crippen LogP contribution >= 0.6 is 0 Å². The van der Waals surface area contributed by atoms with Crippen LogP contribution in [0.1, 0.15) is 12.0 Å². The monoisotopic (exact) mass is 232 g/mol. The molecule has 0 radical (unpaired) electrons. The molecule has 0 saturated heterocycles. The Bertz CT molecular complexity index is 353. The molecule has 1 rings (SSSR count). The smallest absolute Gasteiger partial charge is 0.275 e. The lowest BCUT2D eigenvalue weighted by Crippen LogP contribution is -2.15. The van der Waals surface area contributed by atoms with Gasteiger partial charge in [0.05, 0.1) is 14.2 Å². The van der Waals surface area contributed by atoms with E-state index in [9.17, 15) is 8.78 Å². The minimum absolute atomic E-state index is 0.195. The maximum atomic E-state index is 13.5. The Balaban J connectivity index is 3.07. The quantitative estimate of drug-likeness (QED) is 0.845. The van der Waals surface area contributed by atoms with Gasteiger partial charge in [-0.3, -0.25) is 0 Å². The first-order chi connectivity index (χ1) is 7.55. The van der Waals surface area contributed by atoms with E-state index in [0.29, 0.717) is 5.75 Å². The molecule has 0 atom stereocenters. The molecule has 0 unspecified atom stereocenters. The molecule has 0 amide bonds. The van der Waals surface area contributed by atoms with Gasteiger partial charge in [0.15, 0.2) is 11.5 Å². The topological polar surface area (TPSA) is 38.7 Å². The van der Waals surface area contributed by atoms with Crippen molar-refractivity contribution in [2.75, 3.05) is 20.8 Å². The lowest BCUT2D eigenvalue weighted by Gasteiger charge is -2.17. The van der Waals surface area contributed by atoms with Gasteiger partial charge in [-0.15, -0.1) is 0 Å². The fourth-order valence-corrected chi connectivity index (χ4v) is 1.35. The van der Waals surface area contributed by atoms with Gasteiger partial charge in [-0.2, -0.15) is 0 Å². The molecule has 0 saturated carbocycles. The van der Waals surface area contributed by atoms with Crippen LogP contribution in [0.15, 0.2) is 18.2 Å². The highest BCUT2D eigenvalue weighted by Gasteiger charge is 2.31. The van der Waals surface area contributed by atoms with Crippen LogP contribution in [0.5, 0.6) is 11.5 Å². The van der Waals surface area contributed by atoms with Crippen LogP contribution in [0, 0.1) is 0 Å². The molecule has 1 aromatic rings. The highest BCUT2D eigenvalue weighted by molar-refractivity contribution is 5.44. The Labute approximate surface area is 92.6 Å². The number of hydrogen-bond donors (Lipinski definition) is 1. The van der Waals surface area contributed by atoms with Gasteiger partial charge in [-0.25, -0.2) is 8.78 Å². The Hall–Kier alpha value is -1.36. The van der Waals surface area contributed by atoms with E-state index in [-0.39, 0.29) is 11.3 Å². The normalized spacial score (nSPS) is 11.3. The number of benzene rings is 1. The first-order valence-electron chi connectivity index (χ1n) is 4.76. The van der Waals surface area contributed by atoms with E-state index in [4.69, 9.17) is 14.6 Å². The second-order valence-corrected chi connectivity index (χ2v) is 3.25. The van der Waals surface area contributed by atoms with Gasteiger partial charge >= 0.3 is 0 Å². The molecule has 5 heteroatoms. The fraction of sp³-hybridized carbons (Fsp3) is 0.455. The van der Waals surface area contributed by atoms with Crippen LogP contribution < -0.4 is 9.47 Å². The zero-order chi connectivity index (χ0) is 12.2. The SMILES string of the molecule is COc1ccc(C(F)(F)CCO)cc1OC. The molecule has 0 aliphatic heterocycles. The minimum atomic E-state index is -3.06. The van der Waals surface area contributed by atoms with Crippen molar-refractivity contribution < 1.29 is 23.4 Å². The van der Waals surface area contributed by atoms with E-state index >= 15 is 0 Å². The van der Waals surface area contributed by atoms with Crippen LogP contribution in [0.4, 0.5) is 8.78 Å². The summed E-state index contributed by atoms with van der Waals surface area (Å²) in [5, 5.41) is 8.55. The maximum absolute atomic E-state index is 13.5. The summed E-state index contributed by atoms with van der Waals surface area (Å²) in [5.74, 6) is -2.42. The molecule has 0 bridgehead atoms.